The predicted octanol–water partition coefficient (Wildman–Crippen LogP) is 1.44. The molecule has 116 valence electrons. The summed E-state index contributed by atoms with van der Waals surface area (Å²) in [6.07, 6.45) is 0. The van der Waals surface area contributed by atoms with Crippen LogP contribution in [0.1, 0.15) is 17.2 Å². The summed E-state index contributed by atoms with van der Waals surface area (Å²) in [5, 5.41) is 2.78. The molecule has 2 aromatic rings. The molecule has 22 heavy (non-hydrogen) atoms. The van der Waals surface area contributed by atoms with Crippen LogP contribution in [-0.4, -0.2) is 27.1 Å². The van der Waals surface area contributed by atoms with Crippen molar-refractivity contribution in [2.45, 2.75) is 6.04 Å². The number of sulfonamides is 1. The van der Waals surface area contributed by atoms with Crippen molar-refractivity contribution in [2.24, 2.45) is 0 Å². The fourth-order valence-electron chi connectivity index (χ4n) is 2.10. The Hall–Kier alpha value is -2.18. The molecule has 0 saturated heterocycles. The van der Waals surface area contributed by atoms with Gasteiger partial charge in [0, 0.05) is 0 Å². The molecule has 0 radical (unpaired) electrons. The van der Waals surface area contributed by atoms with Crippen molar-refractivity contribution < 1.29 is 13.2 Å². The molecule has 0 aliphatic rings. The van der Waals surface area contributed by atoms with Crippen molar-refractivity contribution in [1.82, 2.24) is 10.0 Å². The number of amides is 1. The van der Waals surface area contributed by atoms with Crippen molar-refractivity contribution in [3.8, 4) is 0 Å². The molecule has 0 bridgehead atoms. The molecule has 1 amide bonds. The van der Waals surface area contributed by atoms with E-state index >= 15 is 0 Å². The molecular formula is C16H18N2O3S. The number of hydrogen-bond donors (Lipinski definition) is 2. The molecule has 2 aromatic carbocycles. The lowest BCUT2D eigenvalue weighted by Crippen LogP contribution is -2.37. The van der Waals surface area contributed by atoms with Gasteiger partial charge in [-0.3, -0.25) is 4.79 Å². The smallest absolute Gasteiger partial charge is 0.237 e. The lowest BCUT2D eigenvalue weighted by atomic mass is 9.99. The van der Waals surface area contributed by atoms with Gasteiger partial charge in [0.25, 0.3) is 0 Å². The summed E-state index contributed by atoms with van der Waals surface area (Å²) in [7, 11) is -2.30. The largest absolute Gasteiger partial charge is 0.344 e. The average Bonchev–Trinajstić information content (AvgIpc) is 2.54. The van der Waals surface area contributed by atoms with Gasteiger partial charge in [-0.05, 0) is 18.2 Å². The van der Waals surface area contributed by atoms with Crippen molar-refractivity contribution in [3.05, 3.63) is 71.8 Å². The molecule has 6 heteroatoms. The molecule has 0 aliphatic heterocycles. The molecule has 0 atom stereocenters. The average molecular weight is 318 g/mol. The van der Waals surface area contributed by atoms with Gasteiger partial charge in [0.05, 0.1) is 6.04 Å². The summed E-state index contributed by atoms with van der Waals surface area (Å²) in [5.74, 6) is -1.15. The van der Waals surface area contributed by atoms with Gasteiger partial charge in [0.1, 0.15) is 5.75 Å². The Balaban J connectivity index is 2.25. The van der Waals surface area contributed by atoms with Crippen LogP contribution in [0, 0.1) is 0 Å². The molecule has 5 nitrogen and oxygen atoms in total. The molecular weight excluding hydrogens is 300 g/mol. The normalized spacial score (nSPS) is 11.4. The molecule has 0 aromatic heterocycles. The Kier molecular flexibility index (Phi) is 5.30. The van der Waals surface area contributed by atoms with E-state index < -0.39 is 21.7 Å². The number of benzene rings is 2. The van der Waals surface area contributed by atoms with E-state index in [1.807, 2.05) is 60.7 Å². The first kappa shape index (κ1) is 16.2. The second-order valence-electron chi connectivity index (χ2n) is 4.79. The van der Waals surface area contributed by atoms with Crippen LogP contribution in [-0.2, 0) is 14.8 Å². The van der Waals surface area contributed by atoms with E-state index in [4.69, 9.17) is 0 Å². The van der Waals surface area contributed by atoms with Crippen LogP contribution in [0.25, 0.3) is 0 Å². The standard InChI is InChI=1S/C16H18N2O3S/c1-17-22(20,21)12-15(19)18-16(13-8-4-2-5-9-13)14-10-6-3-7-11-14/h2-11,16-17H,12H2,1H3,(H,18,19). The Morgan fingerprint density at radius 3 is 1.82 bits per heavy atom. The summed E-state index contributed by atoms with van der Waals surface area (Å²) in [5.41, 5.74) is 1.79. The van der Waals surface area contributed by atoms with E-state index in [-0.39, 0.29) is 6.04 Å². The first-order valence-electron chi connectivity index (χ1n) is 6.82. The maximum absolute atomic E-state index is 12.0. The lowest BCUT2D eigenvalue weighted by molar-refractivity contribution is -0.119. The van der Waals surface area contributed by atoms with Crippen molar-refractivity contribution in [3.63, 3.8) is 0 Å². The Morgan fingerprint density at radius 2 is 1.41 bits per heavy atom. The summed E-state index contributed by atoms with van der Waals surface area (Å²) in [6, 6.07) is 18.5. The summed E-state index contributed by atoms with van der Waals surface area (Å²) in [6.45, 7) is 0. The van der Waals surface area contributed by atoms with E-state index in [0.29, 0.717) is 0 Å². The summed E-state index contributed by atoms with van der Waals surface area (Å²) in [4.78, 5) is 12.0. The highest BCUT2D eigenvalue weighted by Gasteiger charge is 2.20. The molecule has 0 spiro atoms. The first-order valence-corrected chi connectivity index (χ1v) is 8.47. The van der Waals surface area contributed by atoms with Gasteiger partial charge in [-0.1, -0.05) is 60.7 Å². The maximum Gasteiger partial charge on any atom is 0.237 e. The van der Waals surface area contributed by atoms with E-state index in [1.54, 1.807) is 0 Å². The molecule has 0 unspecified atom stereocenters. The van der Waals surface area contributed by atoms with Gasteiger partial charge in [-0.25, -0.2) is 13.1 Å². The second-order valence-corrected chi connectivity index (χ2v) is 6.71. The van der Waals surface area contributed by atoms with Crippen molar-refractivity contribution >= 4 is 15.9 Å². The minimum atomic E-state index is -3.59. The highest BCUT2D eigenvalue weighted by molar-refractivity contribution is 7.90. The Labute approximate surface area is 130 Å². The van der Waals surface area contributed by atoms with Gasteiger partial charge in [0.2, 0.25) is 15.9 Å². The van der Waals surface area contributed by atoms with Crippen molar-refractivity contribution in [1.29, 1.82) is 0 Å². The Bertz CT molecular complexity index is 676. The second kappa shape index (κ2) is 7.20. The number of rotatable bonds is 6. The van der Waals surface area contributed by atoms with Crippen LogP contribution in [0.3, 0.4) is 0 Å². The molecule has 2 N–H and O–H groups in total. The topological polar surface area (TPSA) is 75.3 Å². The van der Waals surface area contributed by atoms with E-state index in [1.165, 1.54) is 7.05 Å². The third kappa shape index (κ3) is 4.41. The van der Waals surface area contributed by atoms with Crippen LogP contribution in [0.2, 0.25) is 0 Å². The van der Waals surface area contributed by atoms with Crippen LogP contribution in [0.5, 0.6) is 0 Å². The van der Waals surface area contributed by atoms with E-state index in [0.717, 1.165) is 11.1 Å². The van der Waals surface area contributed by atoms with Gasteiger partial charge >= 0.3 is 0 Å². The highest BCUT2D eigenvalue weighted by Crippen LogP contribution is 2.21. The van der Waals surface area contributed by atoms with E-state index in [2.05, 4.69) is 10.0 Å². The quantitative estimate of drug-likeness (QED) is 0.846. The SMILES string of the molecule is CNS(=O)(=O)CC(=O)NC(c1ccccc1)c1ccccc1. The molecule has 2 rings (SSSR count). The third-order valence-corrected chi connectivity index (χ3v) is 4.47. The summed E-state index contributed by atoms with van der Waals surface area (Å²) < 4.78 is 25.1. The van der Waals surface area contributed by atoms with E-state index in [9.17, 15) is 13.2 Å². The fraction of sp³-hybridized carbons (Fsp3) is 0.188. The molecule has 0 fully saturated rings. The van der Waals surface area contributed by atoms with Gasteiger partial charge in [-0.2, -0.15) is 0 Å². The minimum absolute atomic E-state index is 0.387. The Morgan fingerprint density at radius 1 is 0.955 bits per heavy atom. The monoisotopic (exact) mass is 318 g/mol. The fourth-order valence-corrected chi connectivity index (χ4v) is 2.67. The number of carbonyl (C=O) groups excluding carboxylic acids is 1. The van der Waals surface area contributed by atoms with Gasteiger partial charge in [0.15, 0.2) is 0 Å². The number of hydrogen-bond acceptors (Lipinski definition) is 3. The predicted molar refractivity (Wildman–Crippen MR) is 85.7 cm³/mol. The van der Waals surface area contributed by atoms with Crippen LogP contribution < -0.4 is 10.0 Å². The zero-order valence-corrected chi connectivity index (χ0v) is 13.0. The first-order chi connectivity index (χ1) is 10.5. The highest BCUT2D eigenvalue weighted by atomic mass is 32.2. The number of nitrogens with one attached hydrogen (secondary N) is 2. The third-order valence-electron chi connectivity index (χ3n) is 3.20. The molecule has 0 saturated carbocycles. The molecule has 0 aliphatic carbocycles. The maximum atomic E-state index is 12.0. The number of carbonyl (C=O) groups is 1. The minimum Gasteiger partial charge on any atom is -0.344 e. The van der Waals surface area contributed by atoms with Gasteiger partial charge in [-0.15, -0.1) is 0 Å². The zero-order chi connectivity index (χ0) is 16.0. The van der Waals surface area contributed by atoms with Gasteiger partial charge < -0.3 is 5.32 Å². The molecule has 0 heterocycles. The summed E-state index contributed by atoms with van der Waals surface area (Å²) >= 11 is 0. The lowest BCUT2D eigenvalue weighted by Gasteiger charge is -2.19. The van der Waals surface area contributed by atoms with Crippen LogP contribution >= 0.6 is 0 Å². The zero-order valence-electron chi connectivity index (χ0n) is 12.2. The van der Waals surface area contributed by atoms with Crippen LogP contribution in [0.15, 0.2) is 60.7 Å². The van der Waals surface area contributed by atoms with Crippen LogP contribution in [0.4, 0.5) is 0 Å². The van der Waals surface area contributed by atoms with Crippen molar-refractivity contribution in [2.75, 3.05) is 12.8 Å².